The number of nitrogens with zero attached hydrogens (tertiary/aromatic N) is 7. The molecular formula is C31H35FN8O3. The Labute approximate surface area is 248 Å². The van der Waals surface area contributed by atoms with Crippen LogP contribution in [0.1, 0.15) is 35.2 Å². The molecule has 0 spiro atoms. The lowest BCUT2D eigenvalue weighted by Gasteiger charge is -2.33. The van der Waals surface area contributed by atoms with Crippen LogP contribution in [-0.2, 0) is 13.1 Å². The fraction of sp³-hybridized carbons (Fsp3) is 0.419. The molecule has 2 N–H and O–H groups in total. The highest BCUT2D eigenvalue weighted by atomic mass is 19.1. The van der Waals surface area contributed by atoms with E-state index in [1.54, 1.807) is 42.6 Å². The van der Waals surface area contributed by atoms with Crippen molar-refractivity contribution >= 4 is 22.3 Å². The van der Waals surface area contributed by atoms with Gasteiger partial charge in [0.05, 0.1) is 37.8 Å². The summed E-state index contributed by atoms with van der Waals surface area (Å²) in [6.07, 6.45) is 10.4. The van der Waals surface area contributed by atoms with Crippen LogP contribution in [0, 0.1) is 12.8 Å². The van der Waals surface area contributed by atoms with Crippen LogP contribution in [0.2, 0.25) is 0 Å². The molecule has 1 aliphatic heterocycles. The maximum Gasteiger partial charge on any atom is 0.255 e. The van der Waals surface area contributed by atoms with Crippen molar-refractivity contribution in [1.82, 2.24) is 33.6 Å². The third kappa shape index (κ3) is 5.20. The smallest absolute Gasteiger partial charge is 0.255 e. The van der Waals surface area contributed by atoms with E-state index in [0.29, 0.717) is 42.8 Å². The first-order chi connectivity index (χ1) is 20.9. The fourth-order valence-corrected chi connectivity index (χ4v) is 6.12. The minimum absolute atomic E-state index is 0.0261. The molecule has 0 unspecified atom stereocenters. The van der Waals surface area contributed by atoms with Crippen LogP contribution in [0.3, 0.4) is 0 Å². The average molecular weight is 587 g/mol. The number of methoxy groups -OCH3 is 1. The van der Waals surface area contributed by atoms with E-state index < -0.39 is 6.17 Å². The highest BCUT2D eigenvalue weighted by Crippen LogP contribution is 2.40. The van der Waals surface area contributed by atoms with Crippen molar-refractivity contribution in [3.05, 3.63) is 60.4 Å². The second-order valence-electron chi connectivity index (χ2n) is 11.7. The number of aryl methyl sites for hydroxylation is 1. The van der Waals surface area contributed by atoms with E-state index >= 15 is 0 Å². The molecule has 11 nitrogen and oxygen atoms in total. The number of pyridine rings is 2. The van der Waals surface area contributed by atoms with Crippen molar-refractivity contribution in [1.29, 1.82) is 0 Å². The third-order valence-electron chi connectivity index (χ3n) is 8.42. The molecule has 7 rings (SSSR count). The number of imidazole rings is 1. The summed E-state index contributed by atoms with van der Waals surface area (Å²) >= 11 is 0. The lowest BCUT2D eigenvalue weighted by molar-refractivity contribution is 0.0606. The van der Waals surface area contributed by atoms with E-state index in [4.69, 9.17) is 20.3 Å². The Morgan fingerprint density at radius 1 is 1.19 bits per heavy atom. The predicted octanol–water partition coefficient (Wildman–Crippen LogP) is 3.86. The van der Waals surface area contributed by atoms with Crippen molar-refractivity contribution in [3.63, 3.8) is 0 Å². The number of carbonyl (C=O) groups is 1. The van der Waals surface area contributed by atoms with Crippen LogP contribution in [-0.4, -0.2) is 78.5 Å². The minimum atomic E-state index is -1.14. The van der Waals surface area contributed by atoms with Gasteiger partial charge in [0, 0.05) is 54.9 Å². The van der Waals surface area contributed by atoms with Crippen LogP contribution >= 0.6 is 0 Å². The Morgan fingerprint density at radius 3 is 2.79 bits per heavy atom. The summed E-state index contributed by atoms with van der Waals surface area (Å²) in [5, 5.41) is 6.01. The summed E-state index contributed by atoms with van der Waals surface area (Å²) in [7, 11) is 1.58. The van der Waals surface area contributed by atoms with Gasteiger partial charge in [0.1, 0.15) is 35.3 Å². The second-order valence-corrected chi connectivity index (χ2v) is 11.7. The third-order valence-corrected chi connectivity index (χ3v) is 8.42. The Hall–Kier alpha value is -4.45. The molecule has 5 aromatic rings. The highest BCUT2D eigenvalue weighted by Gasteiger charge is 2.31. The van der Waals surface area contributed by atoms with Crippen molar-refractivity contribution < 1.29 is 18.7 Å². The number of likely N-dealkylation sites (tertiary alicyclic amines) is 1. The first-order valence-corrected chi connectivity index (χ1v) is 14.7. The molecule has 43 heavy (non-hydrogen) atoms. The minimum Gasteiger partial charge on any atom is -0.494 e. The number of hydrogen-bond donors (Lipinski definition) is 1. The van der Waals surface area contributed by atoms with E-state index in [9.17, 15) is 9.18 Å². The summed E-state index contributed by atoms with van der Waals surface area (Å²) in [5.74, 6) is 1.40. The van der Waals surface area contributed by atoms with Gasteiger partial charge in [-0.05, 0) is 50.3 Å². The van der Waals surface area contributed by atoms with Crippen LogP contribution in [0.5, 0.6) is 11.6 Å². The molecule has 2 aliphatic rings. The maximum atomic E-state index is 14.2. The van der Waals surface area contributed by atoms with Gasteiger partial charge in [0.2, 0.25) is 5.88 Å². The van der Waals surface area contributed by atoms with Gasteiger partial charge in [0.15, 0.2) is 0 Å². The van der Waals surface area contributed by atoms with Gasteiger partial charge in [0.25, 0.3) is 5.91 Å². The molecule has 0 aromatic carbocycles. The Kier molecular flexibility index (Phi) is 7.00. The highest BCUT2D eigenvalue weighted by molar-refractivity contribution is 5.96. The van der Waals surface area contributed by atoms with Crippen molar-refractivity contribution in [2.75, 3.05) is 26.8 Å². The van der Waals surface area contributed by atoms with Gasteiger partial charge in [-0.1, -0.05) is 0 Å². The summed E-state index contributed by atoms with van der Waals surface area (Å²) in [5.41, 5.74) is 10.8. The molecule has 5 aromatic heterocycles. The van der Waals surface area contributed by atoms with Crippen molar-refractivity contribution in [2.24, 2.45) is 11.7 Å². The molecule has 2 fully saturated rings. The number of rotatable bonds is 9. The van der Waals surface area contributed by atoms with Gasteiger partial charge in [-0.3, -0.25) is 4.79 Å². The lowest BCUT2D eigenvalue weighted by Crippen LogP contribution is -2.50. The maximum absolute atomic E-state index is 14.2. The Balaban J connectivity index is 1.29. The number of piperidine rings is 1. The number of hydrogen-bond acceptors (Lipinski definition) is 7. The molecule has 0 radical (unpaired) electrons. The number of halogens is 1. The largest absolute Gasteiger partial charge is 0.494 e. The summed E-state index contributed by atoms with van der Waals surface area (Å²) < 4.78 is 32.2. The van der Waals surface area contributed by atoms with Gasteiger partial charge in [-0.15, -0.1) is 0 Å². The van der Waals surface area contributed by atoms with E-state index in [2.05, 4.69) is 20.6 Å². The topological polar surface area (TPSA) is 118 Å². The monoisotopic (exact) mass is 586 g/mol. The van der Waals surface area contributed by atoms with Gasteiger partial charge >= 0.3 is 0 Å². The molecule has 0 bridgehead atoms. The number of carbonyl (C=O) groups excluding carboxylic acids is 1. The number of nitrogens with two attached hydrogens (primary N) is 1. The van der Waals surface area contributed by atoms with Crippen LogP contribution in [0.4, 0.5) is 4.39 Å². The number of alkyl halides is 1. The Bertz CT molecular complexity index is 1780. The normalized spacial score (nSPS) is 18.9. The standard InChI is InChI=1S/C31H35FN8O3/c1-19-27(36-40-15-22(12-26(42-2)28(19)40)31(41)38-16-23(32)13-24(33)17-38)25-11-21-5-6-35-30(29(21)39(25)14-20-3-4-20)43-10-9-37-8-7-34-18-37/h5-8,11-12,15,18,20,23-24H,3-4,9-10,13-14,16-17,33H2,1-2H3/t23-,24-/m1/s1. The van der Waals surface area contributed by atoms with E-state index in [0.717, 1.165) is 39.9 Å². The zero-order chi connectivity index (χ0) is 29.7. The van der Waals surface area contributed by atoms with E-state index in [1.165, 1.54) is 17.7 Å². The first kappa shape index (κ1) is 27.4. The van der Waals surface area contributed by atoms with Gasteiger partial charge < -0.3 is 29.2 Å². The zero-order valence-corrected chi connectivity index (χ0v) is 24.3. The number of aromatic nitrogens is 6. The van der Waals surface area contributed by atoms with Crippen LogP contribution < -0.4 is 15.2 Å². The SMILES string of the molecule is COc1cc(C(=O)N2C[C@H](N)C[C@@H](F)C2)cn2nc(-c3cc4ccnc(OCCn5ccnc5)c4n3CC3CC3)c(C)c12. The van der Waals surface area contributed by atoms with Crippen molar-refractivity contribution in [2.45, 2.75) is 51.5 Å². The molecule has 1 saturated heterocycles. The van der Waals surface area contributed by atoms with Gasteiger partial charge in [-0.25, -0.2) is 18.9 Å². The lowest BCUT2D eigenvalue weighted by atomic mass is 10.0. The second kappa shape index (κ2) is 11.0. The molecule has 224 valence electrons. The quantitative estimate of drug-likeness (QED) is 0.279. The summed E-state index contributed by atoms with van der Waals surface area (Å²) in [6, 6.07) is 5.44. The average Bonchev–Trinajstić information content (AvgIpc) is 3.36. The molecule has 1 amide bonds. The van der Waals surface area contributed by atoms with E-state index in [1.807, 2.05) is 23.8 Å². The number of ether oxygens (including phenoxy) is 2. The van der Waals surface area contributed by atoms with E-state index in [-0.39, 0.29) is 24.9 Å². The van der Waals surface area contributed by atoms with Crippen LogP contribution in [0.25, 0.3) is 27.8 Å². The number of amides is 1. The zero-order valence-electron chi connectivity index (χ0n) is 24.3. The predicted molar refractivity (Wildman–Crippen MR) is 159 cm³/mol. The molecule has 1 aliphatic carbocycles. The van der Waals surface area contributed by atoms with Crippen LogP contribution in [0.15, 0.2) is 49.3 Å². The molecular weight excluding hydrogens is 551 g/mol. The summed E-state index contributed by atoms with van der Waals surface area (Å²) in [6.45, 7) is 4.30. The first-order valence-electron chi connectivity index (χ1n) is 14.7. The molecule has 6 heterocycles. The molecule has 1 saturated carbocycles. The summed E-state index contributed by atoms with van der Waals surface area (Å²) in [4.78, 5) is 23.6. The fourth-order valence-electron chi connectivity index (χ4n) is 6.12. The molecule has 12 heteroatoms. The number of fused-ring (bicyclic) bond motifs is 2. The van der Waals surface area contributed by atoms with Crippen molar-refractivity contribution in [3.8, 4) is 23.0 Å². The molecule has 2 atom stereocenters. The Morgan fingerprint density at radius 2 is 2.05 bits per heavy atom. The van der Waals surface area contributed by atoms with Gasteiger partial charge in [-0.2, -0.15) is 5.10 Å².